The normalized spacial score (nSPS) is 26.7. The van der Waals surface area contributed by atoms with Gasteiger partial charge in [-0.3, -0.25) is 9.80 Å². The second-order valence-electron chi connectivity index (χ2n) is 6.28. The van der Waals surface area contributed by atoms with Gasteiger partial charge in [-0.05, 0) is 43.5 Å². The lowest BCUT2D eigenvalue weighted by Crippen LogP contribution is -2.55. The summed E-state index contributed by atoms with van der Waals surface area (Å²) in [5.41, 5.74) is 1.58. The molecule has 2 aliphatic rings. The van der Waals surface area contributed by atoms with Gasteiger partial charge in [0.25, 0.3) is 0 Å². The van der Waals surface area contributed by atoms with Gasteiger partial charge >= 0.3 is 5.97 Å². The highest BCUT2D eigenvalue weighted by Gasteiger charge is 2.35. The molecule has 0 spiro atoms. The fourth-order valence-corrected chi connectivity index (χ4v) is 3.72. The first-order valence-electron chi connectivity index (χ1n) is 7.97. The summed E-state index contributed by atoms with van der Waals surface area (Å²) in [5, 5.41) is 8.96. The van der Waals surface area contributed by atoms with Crippen molar-refractivity contribution in [2.75, 3.05) is 19.6 Å². The number of fused-ring (bicyclic) bond motifs is 1. The van der Waals surface area contributed by atoms with Crippen molar-refractivity contribution in [3.8, 4) is 0 Å². The van der Waals surface area contributed by atoms with Gasteiger partial charge in [0.1, 0.15) is 0 Å². The highest BCUT2D eigenvalue weighted by molar-refractivity contribution is 5.87. The van der Waals surface area contributed by atoms with E-state index in [0.29, 0.717) is 11.6 Å². The summed E-state index contributed by atoms with van der Waals surface area (Å²) in [4.78, 5) is 16.1. The van der Waals surface area contributed by atoms with Crippen LogP contribution in [-0.4, -0.2) is 52.6 Å². The van der Waals surface area contributed by atoms with Gasteiger partial charge in [0.05, 0.1) is 5.56 Å². The van der Waals surface area contributed by atoms with Crippen LogP contribution in [0.4, 0.5) is 0 Å². The van der Waals surface area contributed by atoms with Gasteiger partial charge < -0.3 is 5.11 Å². The largest absolute Gasteiger partial charge is 0.478 e. The maximum absolute atomic E-state index is 10.9. The summed E-state index contributed by atoms with van der Waals surface area (Å²) in [7, 11) is 0. The molecule has 4 nitrogen and oxygen atoms in total. The van der Waals surface area contributed by atoms with E-state index in [0.717, 1.165) is 19.1 Å². The monoisotopic (exact) mass is 288 g/mol. The van der Waals surface area contributed by atoms with E-state index in [1.807, 2.05) is 12.1 Å². The van der Waals surface area contributed by atoms with E-state index in [1.54, 1.807) is 12.1 Å². The molecule has 0 amide bonds. The molecule has 2 aliphatic heterocycles. The SMILES string of the molecule is CCC1CN2CCCC2CN1Cc1ccc(C(=O)O)cc1. The Labute approximate surface area is 126 Å². The number of hydrogen-bond donors (Lipinski definition) is 1. The van der Waals surface area contributed by atoms with Gasteiger partial charge in [0.2, 0.25) is 0 Å². The zero-order chi connectivity index (χ0) is 14.8. The Bertz CT molecular complexity index is 500. The molecular weight excluding hydrogens is 264 g/mol. The first kappa shape index (κ1) is 14.5. The van der Waals surface area contributed by atoms with E-state index >= 15 is 0 Å². The molecule has 4 heteroatoms. The van der Waals surface area contributed by atoms with E-state index in [4.69, 9.17) is 5.11 Å². The zero-order valence-corrected chi connectivity index (χ0v) is 12.7. The van der Waals surface area contributed by atoms with Crippen molar-refractivity contribution in [2.45, 2.75) is 44.8 Å². The molecule has 2 unspecified atom stereocenters. The lowest BCUT2D eigenvalue weighted by molar-refractivity contribution is 0.0437. The molecule has 2 fully saturated rings. The highest BCUT2D eigenvalue weighted by Crippen LogP contribution is 2.27. The molecule has 0 saturated carbocycles. The molecule has 2 heterocycles. The van der Waals surface area contributed by atoms with Crippen molar-refractivity contribution in [1.82, 2.24) is 9.80 Å². The van der Waals surface area contributed by atoms with Crippen LogP contribution in [-0.2, 0) is 6.54 Å². The molecule has 3 rings (SSSR count). The van der Waals surface area contributed by atoms with Gasteiger partial charge in [0, 0.05) is 31.7 Å². The molecule has 1 aromatic rings. The topological polar surface area (TPSA) is 43.8 Å². The molecule has 1 N–H and O–H groups in total. The summed E-state index contributed by atoms with van der Waals surface area (Å²) < 4.78 is 0. The Morgan fingerprint density at radius 2 is 2.05 bits per heavy atom. The standard InChI is InChI=1S/C17H24N2O2/c1-2-15-11-18-9-3-4-16(18)12-19(15)10-13-5-7-14(8-6-13)17(20)21/h5-8,15-16H,2-4,9-12H2,1H3,(H,20,21). The molecule has 114 valence electrons. The number of piperazine rings is 1. The summed E-state index contributed by atoms with van der Waals surface area (Å²) in [6, 6.07) is 8.69. The van der Waals surface area contributed by atoms with Crippen molar-refractivity contribution in [1.29, 1.82) is 0 Å². The van der Waals surface area contributed by atoms with E-state index < -0.39 is 5.97 Å². The summed E-state index contributed by atoms with van der Waals surface area (Å²) >= 11 is 0. The Morgan fingerprint density at radius 3 is 2.71 bits per heavy atom. The number of nitrogens with zero attached hydrogens (tertiary/aromatic N) is 2. The van der Waals surface area contributed by atoms with Crippen LogP contribution in [0.25, 0.3) is 0 Å². The molecule has 0 bridgehead atoms. The van der Waals surface area contributed by atoms with Gasteiger partial charge in [-0.25, -0.2) is 4.79 Å². The first-order chi connectivity index (χ1) is 10.2. The second kappa shape index (κ2) is 6.16. The van der Waals surface area contributed by atoms with E-state index in [2.05, 4.69) is 16.7 Å². The van der Waals surface area contributed by atoms with Crippen molar-refractivity contribution in [3.05, 3.63) is 35.4 Å². The summed E-state index contributed by atoms with van der Waals surface area (Å²) in [6.45, 7) is 6.81. The van der Waals surface area contributed by atoms with Crippen LogP contribution in [0.1, 0.15) is 42.1 Å². The van der Waals surface area contributed by atoms with Crippen LogP contribution in [0.15, 0.2) is 24.3 Å². The minimum atomic E-state index is -0.854. The van der Waals surface area contributed by atoms with Crippen LogP contribution >= 0.6 is 0 Å². The molecule has 21 heavy (non-hydrogen) atoms. The smallest absolute Gasteiger partial charge is 0.335 e. The summed E-state index contributed by atoms with van der Waals surface area (Å²) in [5.74, 6) is -0.854. The molecule has 1 aromatic carbocycles. The van der Waals surface area contributed by atoms with Gasteiger partial charge in [-0.1, -0.05) is 19.1 Å². The Morgan fingerprint density at radius 1 is 1.29 bits per heavy atom. The minimum Gasteiger partial charge on any atom is -0.478 e. The number of carboxylic acids is 1. The average molecular weight is 288 g/mol. The molecule has 0 aliphatic carbocycles. The van der Waals surface area contributed by atoms with Crippen LogP contribution < -0.4 is 0 Å². The number of benzene rings is 1. The third-order valence-electron chi connectivity index (χ3n) is 4.96. The van der Waals surface area contributed by atoms with Crippen molar-refractivity contribution in [2.24, 2.45) is 0 Å². The Kier molecular flexibility index (Phi) is 4.27. The zero-order valence-electron chi connectivity index (χ0n) is 12.7. The minimum absolute atomic E-state index is 0.367. The molecule has 2 atom stereocenters. The van der Waals surface area contributed by atoms with Gasteiger partial charge in [0.15, 0.2) is 0 Å². The summed E-state index contributed by atoms with van der Waals surface area (Å²) in [6.07, 6.45) is 3.84. The van der Waals surface area contributed by atoms with Crippen molar-refractivity contribution in [3.63, 3.8) is 0 Å². The van der Waals surface area contributed by atoms with Crippen LogP contribution in [0.2, 0.25) is 0 Å². The predicted molar refractivity (Wildman–Crippen MR) is 82.5 cm³/mol. The number of aromatic carboxylic acids is 1. The first-order valence-corrected chi connectivity index (χ1v) is 7.97. The van der Waals surface area contributed by atoms with Crippen LogP contribution in [0.3, 0.4) is 0 Å². The Hall–Kier alpha value is -1.39. The molecular formula is C17H24N2O2. The maximum Gasteiger partial charge on any atom is 0.335 e. The fourth-order valence-electron chi connectivity index (χ4n) is 3.72. The average Bonchev–Trinajstić information content (AvgIpc) is 2.94. The van der Waals surface area contributed by atoms with E-state index in [9.17, 15) is 4.79 Å². The third kappa shape index (κ3) is 3.11. The second-order valence-corrected chi connectivity index (χ2v) is 6.28. The lowest BCUT2D eigenvalue weighted by Gasteiger charge is -2.43. The third-order valence-corrected chi connectivity index (χ3v) is 4.96. The highest BCUT2D eigenvalue weighted by atomic mass is 16.4. The maximum atomic E-state index is 10.9. The van der Waals surface area contributed by atoms with Crippen molar-refractivity contribution < 1.29 is 9.90 Å². The van der Waals surface area contributed by atoms with Crippen molar-refractivity contribution >= 4 is 5.97 Å². The Balaban J connectivity index is 1.68. The fraction of sp³-hybridized carbons (Fsp3) is 0.588. The number of carboxylic acid groups (broad SMARTS) is 1. The molecule has 0 aromatic heterocycles. The van der Waals surface area contributed by atoms with Gasteiger partial charge in [-0.15, -0.1) is 0 Å². The number of carbonyl (C=O) groups is 1. The van der Waals surface area contributed by atoms with Crippen LogP contribution in [0, 0.1) is 0 Å². The molecule has 0 radical (unpaired) electrons. The van der Waals surface area contributed by atoms with E-state index in [-0.39, 0.29) is 0 Å². The lowest BCUT2D eigenvalue weighted by atomic mass is 10.0. The van der Waals surface area contributed by atoms with Gasteiger partial charge in [-0.2, -0.15) is 0 Å². The molecule has 2 saturated heterocycles. The number of rotatable bonds is 4. The predicted octanol–water partition coefficient (Wildman–Crippen LogP) is 2.44. The van der Waals surface area contributed by atoms with Crippen LogP contribution in [0.5, 0.6) is 0 Å². The number of hydrogen-bond acceptors (Lipinski definition) is 3. The van der Waals surface area contributed by atoms with E-state index in [1.165, 1.54) is 37.9 Å². The quantitative estimate of drug-likeness (QED) is 0.924.